The highest BCUT2D eigenvalue weighted by Crippen LogP contribution is 2.25. The standard InChI is InChI=1S/C15H10Cl3N5O/c16-10-3-1-9(2-4-10)15-20-21-22-23(15)8-14(24)19-11-5-6-12(17)13(18)7-11/h1-7H,8H2,(H,19,24). The number of amides is 1. The van der Waals surface area contributed by atoms with Gasteiger partial charge >= 0.3 is 0 Å². The maximum Gasteiger partial charge on any atom is 0.246 e. The molecule has 1 N–H and O–H groups in total. The molecule has 0 spiro atoms. The third kappa shape index (κ3) is 3.84. The topological polar surface area (TPSA) is 72.7 Å². The van der Waals surface area contributed by atoms with Gasteiger partial charge in [0.1, 0.15) is 6.54 Å². The van der Waals surface area contributed by atoms with E-state index in [-0.39, 0.29) is 12.5 Å². The van der Waals surface area contributed by atoms with Gasteiger partial charge in [-0.2, -0.15) is 0 Å². The van der Waals surface area contributed by atoms with Crippen molar-refractivity contribution in [3.05, 3.63) is 57.5 Å². The van der Waals surface area contributed by atoms with Crippen molar-refractivity contribution in [2.45, 2.75) is 6.54 Å². The molecule has 0 radical (unpaired) electrons. The lowest BCUT2D eigenvalue weighted by Crippen LogP contribution is -2.20. The van der Waals surface area contributed by atoms with Crippen LogP contribution in [0.25, 0.3) is 11.4 Å². The van der Waals surface area contributed by atoms with Gasteiger partial charge in [-0.1, -0.05) is 34.8 Å². The molecule has 0 saturated carbocycles. The average Bonchev–Trinajstić information content (AvgIpc) is 2.99. The molecule has 0 aliphatic carbocycles. The SMILES string of the molecule is O=C(Cn1nnnc1-c1ccc(Cl)cc1)Nc1ccc(Cl)c(Cl)c1. The van der Waals surface area contributed by atoms with Crippen molar-refractivity contribution < 1.29 is 4.79 Å². The molecule has 0 bridgehead atoms. The molecule has 0 aliphatic rings. The van der Waals surface area contributed by atoms with Gasteiger partial charge < -0.3 is 5.32 Å². The molecule has 3 rings (SSSR count). The first-order valence-electron chi connectivity index (χ1n) is 6.80. The zero-order chi connectivity index (χ0) is 17.1. The van der Waals surface area contributed by atoms with E-state index in [1.165, 1.54) is 4.68 Å². The summed E-state index contributed by atoms with van der Waals surface area (Å²) in [5, 5.41) is 15.5. The Morgan fingerprint density at radius 2 is 1.79 bits per heavy atom. The monoisotopic (exact) mass is 381 g/mol. The van der Waals surface area contributed by atoms with E-state index >= 15 is 0 Å². The van der Waals surface area contributed by atoms with Crippen molar-refractivity contribution in [3.8, 4) is 11.4 Å². The highest BCUT2D eigenvalue weighted by molar-refractivity contribution is 6.42. The first kappa shape index (κ1) is 16.7. The fourth-order valence-corrected chi connectivity index (χ4v) is 2.45. The summed E-state index contributed by atoms with van der Waals surface area (Å²) in [4.78, 5) is 12.2. The molecular weight excluding hydrogens is 373 g/mol. The number of carbonyl (C=O) groups excluding carboxylic acids is 1. The van der Waals surface area contributed by atoms with Crippen LogP contribution in [0.5, 0.6) is 0 Å². The van der Waals surface area contributed by atoms with E-state index in [0.717, 1.165) is 5.56 Å². The lowest BCUT2D eigenvalue weighted by molar-refractivity contribution is -0.116. The van der Waals surface area contributed by atoms with Crippen LogP contribution in [0.3, 0.4) is 0 Å². The van der Waals surface area contributed by atoms with Crippen molar-refractivity contribution in [2.24, 2.45) is 0 Å². The molecule has 9 heteroatoms. The van der Waals surface area contributed by atoms with Crippen LogP contribution in [0, 0.1) is 0 Å². The normalized spacial score (nSPS) is 10.6. The van der Waals surface area contributed by atoms with E-state index in [1.807, 2.05) is 0 Å². The van der Waals surface area contributed by atoms with E-state index in [9.17, 15) is 4.79 Å². The van der Waals surface area contributed by atoms with Gasteiger partial charge in [0, 0.05) is 16.3 Å². The minimum atomic E-state index is -0.295. The Bertz CT molecular complexity index is 879. The summed E-state index contributed by atoms with van der Waals surface area (Å²) in [5.74, 6) is 0.173. The Balaban J connectivity index is 1.74. The van der Waals surface area contributed by atoms with Gasteiger partial charge in [-0.3, -0.25) is 4.79 Å². The first-order valence-corrected chi connectivity index (χ1v) is 7.93. The molecule has 2 aromatic carbocycles. The van der Waals surface area contributed by atoms with Gasteiger partial charge in [-0.15, -0.1) is 5.10 Å². The van der Waals surface area contributed by atoms with Crippen LogP contribution in [0.2, 0.25) is 15.1 Å². The number of hydrogen-bond acceptors (Lipinski definition) is 4. The zero-order valence-corrected chi connectivity index (χ0v) is 14.3. The van der Waals surface area contributed by atoms with Gasteiger partial charge in [0.2, 0.25) is 5.91 Å². The van der Waals surface area contributed by atoms with Gasteiger partial charge in [0.15, 0.2) is 5.82 Å². The van der Waals surface area contributed by atoms with Crippen LogP contribution in [-0.2, 0) is 11.3 Å². The average molecular weight is 383 g/mol. The summed E-state index contributed by atoms with van der Waals surface area (Å²) < 4.78 is 1.40. The lowest BCUT2D eigenvalue weighted by Gasteiger charge is -2.07. The number of nitrogens with one attached hydrogen (secondary N) is 1. The van der Waals surface area contributed by atoms with E-state index in [1.54, 1.807) is 42.5 Å². The number of hydrogen-bond donors (Lipinski definition) is 1. The van der Waals surface area contributed by atoms with Gasteiger partial charge in [-0.05, 0) is 52.9 Å². The van der Waals surface area contributed by atoms with E-state index < -0.39 is 0 Å². The molecular formula is C15H10Cl3N5O. The second-order valence-corrected chi connectivity index (χ2v) is 6.09. The third-order valence-corrected chi connectivity index (χ3v) is 4.12. The Morgan fingerprint density at radius 3 is 2.50 bits per heavy atom. The van der Waals surface area contributed by atoms with Crippen molar-refractivity contribution in [1.29, 1.82) is 0 Å². The summed E-state index contributed by atoms with van der Waals surface area (Å²) in [6, 6.07) is 11.9. The number of aromatic nitrogens is 4. The molecule has 3 aromatic rings. The van der Waals surface area contributed by atoms with Crippen LogP contribution in [0.1, 0.15) is 0 Å². The number of tetrazole rings is 1. The Morgan fingerprint density at radius 1 is 1.04 bits per heavy atom. The third-order valence-electron chi connectivity index (χ3n) is 3.13. The van der Waals surface area contributed by atoms with Crippen LogP contribution in [-0.4, -0.2) is 26.1 Å². The second kappa shape index (κ2) is 7.17. The smallest absolute Gasteiger partial charge is 0.246 e. The quantitative estimate of drug-likeness (QED) is 0.742. The van der Waals surface area contributed by atoms with Crippen molar-refractivity contribution in [1.82, 2.24) is 20.2 Å². The van der Waals surface area contributed by atoms with E-state index in [4.69, 9.17) is 34.8 Å². The number of anilines is 1. The predicted octanol–water partition coefficient (Wildman–Crippen LogP) is 3.94. The molecule has 24 heavy (non-hydrogen) atoms. The number of nitrogens with zero attached hydrogens (tertiary/aromatic N) is 4. The molecule has 1 aromatic heterocycles. The fraction of sp³-hybridized carbons (Fsp3) is 0.0667. The molecule has 0 unspecified atom stereocenters. The van der Waals surface area contributed by atoms with Crippen LogP contribution in [0.15, 0.2) is 42.5 Å². The van der Waals surface area contributed by atoms with E-state index in [0.29, 0.717) is 26.6 Å². The summed E-state index contributed by atoms with van der Waals surface area (Å²) in [6.07, 6.45) is 0. The van der Waals surface area contributed by atoms with Crippen molar-refractivity contribution in [3.63, 3.8) is 0 Å². The summed E-state index contributed by atoms with van der Waals surface area (Å²) in [7, 11) is 0. The molecule has 0 atom stereocenters. The molecule has 122 valence electrons. The van der Waals surface area contributed by atoms with Crippen LogP contribution in [0.4, 0.5) is 5.69 Å². The molecule has 0 saturated heterocycles. The second-order valence-electron chi connectivity index (χ2n) is 4.84. The highest BCUT2D eigenvalue weighted by atomic mass is 35.5. The maximum atomic E-state index is 12.2. The zero-order valence-electron chi connectivity index (χ0n) is 12.1. The van der Waals surface area contributed by atoms with Gasteiger partial charge in [0.25, 0.3) is 0 Å². The summed E-state index contributed by atoms with van der Waals surface area (Å²) in [6.45, 7) is -0.0504. The minimum Gasteiger partial charge on any atom is -0.324 e. The fourth-order valence-electron chi connectivity index (χ4n) is 2.03. The molecule has 0 fully saturated rings. The largest absolute Gasteiger partial charge is 0.324 e. The highest BCUT2D eigenvalue weighted by Gasteiger charge is 2.13. The van der Waals surface area contributed by atoms with Crippen molar-refractivity contribution in [2.75, 3.05) is 5.32 Å². The Hall–Kier alpha value is -2.15. The number of carbonyl (C=O) groups is 1. The van der Waals surface area contributed by atoms with Crippen LogP contribution < -0.4 is 5.32 Å². The number of rotatable bonds is 4. The Labute approximate surface area is 152 Å². The lowest BCUT2D eigenvalue weighted by atomic mass is 10.2. The predicted molar refractivity (Wildman–Crippen MR) is 93.4 cm³/mol. The number of halogens is 3. The molecule has 1 heterocycles. The summed E-state index contributed by atoms with van der Waals surface area (Å²) in [5.41, 5.74) is 1.29. The van der Waals surface area contributed by atoms with E-state index in [2.05, 4.69) is 20.8 Å². The molecule has 0 aliphatic heterocycles. The minimum absolute atomic E-state index is 0.0504. The van der Waals surface area contributed by atoms with Gasteiger partial charge in [-0.25, -0.2) is 4.68 Å². The molecule has 1 amide bonds. The number of benzene rings is 2. The van der Waals surface area contributed by atoms with Crippen LogP contribution >= 0.6 is 34.8 Å². The van der Waals surface area contributed by atoms with Gasteiger partial charge in [0.05, 0.1) is 10.0 Å². The first-order chi connectivity index (χ1) is 11.5. The Kier molecular flexibility index (Phi) is 4.99. The molecule has 6 nitrogen and oxygen atoms in total. The van der Waals surface area contributed by atoms with Crippen molar-refractivity contribution >= 4 is 46.4 Å². The maximum absolute atomic E-state index is 12.2. The summed E-state index contributed by atoms with van der Waals surface area (Å²) >= 11 is 17.6.